The van der Waals surface area contributed by atoms with Gasteiger partial charge in [-0.3, -0.25) is 4.79 Å². The van der Waals surface area contributed by atoms with Gasteiger partial charge in [0.1, 0.15) is 10.7 Å². The highest BCUT2D eigenvalue weighted by molar-refractivity contribution is 7.09. The Hall–Kier alpha value is -1.76. The second-order valence-electron chi connectivity index (χ2n) is 5.39. The van der Waals surface area contributed by atoms with Crippen LogP contribution in [0.25, 0.3) is 0 Å². The van der Waals surface area contributed by atoms with E-state index < -0.39 is 0 Å². The third-order valence-corrected chi connectivity index (χ3v) is 4.31. The van der Waals surface area contributed by atoms with Gasteiger partial charge >= 0.3 is 0 Å². The highest BCUT2D eigenvalue weighted by Crippen LogP contribution is 2.11. The lowest BCUT2D eigenvalue weighted by Gasteiger charge is -2.14. The average Bonchev–Trinajstić information content (AvgIpc) is 3.02. The van der Waals surface area contributed by atoms with E-state index in [9.17, 15) is 4.79 Å². The Labute approximate surface area is 141 Å². The van der Waals surface area contributed by atoms with Crippen LogP contribution in [-0.4, -0.2) is 36.5 Å². The number of amides is 1. The number of thiazole rings is 1. The Bertz CT molecular complexity index is 642. The summed E-state index contributed by atoms with van der Waals surface area (Å²) >= 11 is 1.43. The molecule has 23 heavy (non-hydrogen) atoms. The fourth-order valence-corrected chi connectivity index (χ4v) is 2.88. The molecule has 0 radical (unpaired) electrons. The molecule has 0 saturated carbocycles. The maximum Gasteiger partial charge on any atom is 0.271 e. The predicted molar refractivity (Wildman–Crippen MR) is 92.4 cm³/mol. The Kier molecular flexibility index (Phi) is 6.70. The fourth-order valence-electron chi connectivity index (χ4n) is 2.14. The Morgan fingerprint density at radius 3 is 2.91 bits per heavy atom. The molecule has 124 valence electrons. The molecule has 1 aromatic heterocycles. The summed E-state index contributed by atoms with van der Waals surface area (Å²) in [7, 11) is 3.71. The summed E-state index contributed by atoms with van der Waals surface area (Å²) in [5.74, 6) is -0.153. The fraction of sp³-hybridized carbons (Fsp3) is 0.412. The van der Waals surface area contributed by atoms with E-state index in [2.05, 4.69) is 41.3 Å². The molecule has 0 saturated heterocycles. The lowest BCUT2D eigenvalue weighted by Crippen LogP contribution is -2.23. The van der Waals surface area contributed by atoms with Crippen LogP contribution in [0.4, 0.5) is 0 Å². The lowest BCUT2D eigenvalue weighted by molar-refractivity contribution is 0.0946. The Morgan fingerprint density at radius 1 is 1.39 bits per heavy atom. The minimum absolute atomic E-state index is 0.153. The van der Waals surface area contributed by atoms with Crippen LogP contribution in [0.3, 0.4) is 0 Å². The molecule has 0 spiro atoms. The molecule has 0 aliphatic carbocycles. The van der Waals surface area contributed by atoms with Crippen molar-refractivity contribution >= 4 is 17.2 Å². The average molecular weight is 333 g/mol. The van der Waals surface area contributed by atoms with E-state index >= 15 is 0 Å². The molecule has 0 aliphatic rings. The first-order valence-corrected chi connectivity index (χ1v) is 8.48. The van der Waals surface area contributed by atoms with Crippen molar-refractivity contribution in [3.05, 3.63) is 51.5 Å². The summed E-state index contributed by atoms with van der Waals surface area (Å²) in [6, 6.07) is 8.28. The quantitative estimate of drug-likeness (QED) is 0.807. The van der Waals surface area contributed by atoms with E-state index in [1.807, 2.05) is 12.1 Å². The van der Waals surface area contributed by atoms with Crippen molar-refractivity contribution < 1.29 is 9.53 Å². The number of methoxy groups -OCH3 is 1. The van der Waals surface area contributed by atoms with Gasteiger partial charge in [0.15, 0.2) is 0 Å². The number of hydrogen-bond acceptors (Lipinski definition) is 5. The number of nitrogens with zero attached hydrogens (tertiary/aromatic N) is 2. The Balaban J connectivity index is 1.91. The van der Waals surface area contributed by atoms with E-state index in [-0.39, 0.29) is 5.91 Å². The molecule has 1 heterocycles. The van der Waals surface area contributed by atoms with Crippen LogP contribution in [0, 0.1) is 0 Å². The SMILES string of the molecule is CCN(C)Cc1cccc(CNC(=O)c2csc(COC)n2)c1. The van der Waals surface area contributed by atoms with Gasteiger partial charge in [0, 0.05) is 25.6 Å². The number of benzene rings is 1. The largest absolute Gasteiger partial charge is 0.378 e. The van der Waals surface area contributed by atoms with Crippen molar-refractivity contribution in [2.24, 2.45) is 0 Å². The van der Waals surface area contributed by atoms with Crippen molar-refractivity contribution in [3.8, 4) is 0 Å². The van der Waals surface area contributed by atoms with Gasteiger partial charge in [0.25, 0.3) is 5.91 Å². The maximum absolute atomic E-state index is 12.1. The molecular weight excluding hydrogens is 310 g/mol. The number of carbonyl (C=O) groups excluding carboxylic acids is 1. The van der Waals surface area contributed by atoms with Crippen molar-refractivity contribution in [2.75, 3.05) is 20.7 Å². The van der Waals surface area contributed by atoms with E-state index in [1.165, 1.54) is 16.9 Å². The first-order chi connectivity index (χ1) is 11.1. The van der Waals surface area contributed by atoms with Gasteiger partial charge in [-0.25, -0.2) is 4.98 Å². The van der Waals surface area contributed by atoms with Crippen molar-refractivity contribution in [2.45, 2.75) is 26.6 Å². The summed E-state index contributed by atoms with van der Waals surface area (Å²) in [4.78, 5) is 18.6. The van der Waals surface area contributed by atoms with Crippen molar-refractivity contribution in [1.29, 1.82) is 0 Å². The van der Waals surface area contributed by atoms with Gasteiger partial charge in [-0.15, -0.1) is 11.3 Å². The van der Waals surface area contributed by atoms with E-state index in [1.54, 1.807) is 12.5 Å². The van der Waals surface area contributed by atoms with Gasteiger partial charge in [0.05, 0.1) is 6.61 Å². The zero-order valence-electron chi connectivity index (χ0n) is 13.8. The zero-order valence-corrected chi connectivity index (χ0v) is 14.7. The van der Waals surface area contributed by atoms with Crippen LogP contribution in [0.1, 0.15) is 33.5 Å². The molecule has 0 unspecified atom stereocenters. The molecule has 1 amide bonds. The van der Waals surface area contributed by atoms with Crippen molar-refractivity contribution in [3.63, 3.8) is 0 Å². The normalized spacial score (nSPS) is 11.0. The topological polar surface area (TPSA) is 54.5 Å². The third kappa shape index (κ3) is 5.42. The van der Waals surface area contributed by atoms with Crippen LogP contribution in [0.15, 0.2) is 29.6 Å². The number of hydrogen-bond donors (Lipinski definition) is 1. The number of rotatable bonds is 8. The molecule has 2 aromatic rings. The van der Waals surface area contributed by atoms with E-state index in [4.69, 9.17) is 4.74 Å². The summed E-state index contributed by atoms with van der Waals surface area (Å²) in [6.45, 7) is 4.99. The molecule has 0 atom stereocenters. The highest BCUT2D eigenvalue weighted by atomic mass is 32.1. The van der Waals surface area contributed by atoms with Gasteiger partial charge < -0.3 is 15.0 Å². The van der Waals surface area contributed by atoms with Crippen LogP contribution in [0.2, 0.25) is 0 Å². The number of ether oxygens (including phenoxy) is 1. The zero-order chi connectivity index (χ0) is 16.7. The number of carbonyl (C=O) groups is 1. The number of aromatic nitrogens is 1. The van der Waals surface area contributed by atoms with Crippen LogP contribution >= 0.6 is 11.3 Å². The molecule has 0 bridgehead atoms. The maximum atomic E-state index is 12.1. The summed E-state index contributed by atoms with van der Waals surface area (Å²) in [5, 5.41) is 5.48. The smallest absolute Gasteiger partial charge is 0.271 e. The highest BCUT2D eigenvalue weighted by Gasteiger charge is 2.10. The minimum Gasteiger partial charge on any atom is -0.378 e. The molecular formula is C17H23N3O2S. The number of nitrogens with one attached hydrogen (secondary N) is 1. The standard InChI is InChI=1S/C17H23N3O2S/c1-4-20(2)10-14-7-5-6-13(8-14)9-18-17(21)15-12-23-16(19-15)11-22-3/h5-8,12H,4,9-11H2,1-3H3,(H,18,21). The summed E-state index contributed by atoms with van der Waals surface area (Å²) in [5.41, 5.74) is 2.79. The first-order valence-electron chi connectivity index (χ1n) is 7.60. The van der Waals surface area contributed by atoms with Gasteiger partial charge in [0.2, 0.25) is 0 Å². The van der Waals surface area contributed by atoms with Gasteiger partial charge in [-0.2, -0.15) is 0 Å². The van der Waals surface area contributed by atoms with Crippen LogP contribution < -0.4 is 5.32 Å². The van der Waals surface area contributed by atoms with Gasteiger partial charge in [-0.1, -0.05) is 31.2 Å². The Morgan fingerprint density at radius 2 is 2.17 bits per heavy atom. The molecule has 6 heteroatoms. The van der Waals surface area contributed by atoms with E-state index in [0.717, 1.165) is 23.7 Å². The van der Waals surface area contributed by atoms with Crippen LogP contribution in [-0.2, 0) is 24.4 Å². The lowest BCUT2D eigenvalue weighted by atomic mass is 10.1. The molecule has 1 aromatic carbocycles. The molecule has 1 N–H and O–H groups in total. The van der Waals surface area contributed by atoms with Gasteiger partial charge in [-0.05, 0) is 24.7 Å². The molecule has 2 rings (SSSR count). The molecule has 5 nitrogen and oxygen atoms in total. The molecule has 0 aliphatic heterocycles. The van der Waals surface area contributed by atoms with E-state index in [0.29, 0.717) is 18.8 Å². The second-order valence-corrected chi connectivity index (χ2v) is 6.34. The van der Waals surface area contributed by atoms with Crippen molar-refractivity contribution in [1.82, 2.24) is 15.2 Å². The second kappa shape index (κ2) is 8.76. The van der Waals surface area contributed by atoms with Crippen LogP contribution in [0.5, 0.6) is 0 Å². The monoisotopic (exact) mass is 333 g/mol. The third-order valence-electron chi connectivity index (χ3n) is 3.49. The molecule has 0 fully saturated rings. The summed E-state index contributed by atoms with van der Waals surface area (Å²) < 4.78 is 5.02. The summed E-state index contributed by atoms with van der Waals surface area (Å²) in [6.07, 6.45) is 0. The first kappa shape index (κ1) is 17.6. The minimum atomic E-state index is -0.153. The predicted octanol–water partition coefficient (Wildman–Crippen LogP) is 2.67.